The maximum atomic E-state index is 14.7. The van der Waals surface area contributed by atoms with Crippen molar-refractivity contribution in [2.24, 2.45) is 0 Å². The Morgan fingerprint density at radius 3 is 2.26 bits per heavy atom. The van der Waals surface area contributed by atoms with E-state index in [1.165, 1.54) is 6.07 Å². The molecule has 1 aromatic heterocycles. The first kappa shape index (κ1) is 23.0. The molecule has 27 heavy (non-hydrogen) atoms. The molecule has 0 aliphatic carbocycles. The van der Waals surface area contributed by atoms with Crippen molar-refractivity contribution in [2.75, 3.05) is 6.61 Å². The summed E-state index contributed by atoms with van der Waals surface area (Å²) in [4.78, 5) is 12.5. The number of ether oxygens (including phenoxy) is 2. The fraction of sp³-hybridized carbons (Fsp3) is 0.571. The predicted octanol–water partition coefficient (Wildman–Crippen LogP) is 5.14. The van der Waals surface area contributed by atoms with E-state index in [1.807, 2.05) is 55.4 Å². The van der Waals surface area contributed by atoms with Gasteiger partial charge in [0.15, 0.2) is 0 Å². The third kappa shape index (κ3) is 5.45. The molecule has 152 valence electrons. The van der Waals surface area contributed by atoms with E-state index in [1.54, 1.807) is 16.8 Å². The summed E-state index contributed by atoms with van der Waals surface area (Å²) >= 11 is 0. The molecule has 2 rings (SSSR count). The highest BCUT2D eigenvalue weighted by Gasteiger charge is 2.26. The quantitative estimate of drug-likeness (QED) is 0.723. The molecule has 0 bridgehead atoms. The van der Waals surface area contributed by atoms with Crippen LogP contribution >= 0.6 is 0 Å². The molecule has 1 N–H and O–H groups in total. The van der Waals surface area contributed by atoms with Gasteiger partial charge in [-0.1, -0.05) is 13.8 Å². The molecule has 0 saturated carbocycles. The average molecular weight is 381 g/mol. The van der Waals surface area contributed by atoms with E-state index in [0.29, 0.717) is 23.5 Å². The molecule has 0 aliphatic rings. The number of hydrogen-bond donors (Lipinski definition) is 1. The van der Waals surface area contributed by atoms with Crippen LogP contribution in [-0.2, 0) is 4.74 Å². The summed E-state index contributed by atoms with van der Waals surface area (Å²) in [5.41, 5.74) is 1.26. The van der Waals surface area contributed by atoms with Crippen LogP contribution in [0.1, 0.15) is 77.4 Å². The molecule has 1 unspecified atom stereocenters. The summed E-state index contributed by atoms with van der Waals surface area (Å²) in [6.07, 6.45) is -0.806. The van der Waals surface area contributed by atoms with Crippen molar-refractivity contribution in [1.29, 1.82) is 0 Å². The zero-order chi connectivity index (χ0) is 20.7. The fourth-order valence-electron chi connectivity index (χ4n) is 2.93. The molecule has 0 amide bonds. The molecule has 1 atom stereocenters. The zero-order valence-electron chi connectivity index (χ0n) is 17.7. The SMILES string of the molecule is CC.CCOC(c1ccc(OC(C)C)cc1F)c1c(C)n(C(C)C)[nH]c1=O. The largest absolute Gasteiger partial charge is 0.491 e. The third-order valence-corrected chi connectivity index (χ3v) is 3.96. The van der Waals surface area contributed by atoms with Crippen molar-refractivity contribution >= 4 is 0 Å². The number of nitrogens with one attached hydrogen (secondary N) is 1. The van der Waals surface area contributed by atoms with Gasteiger partial charge >= 0.3 is 0 Å². The van der Waals surface area contributed by atoms with Gasteiger partial charge in [-0.05, 0) is 53.7 Å². The maximum absolute atomic E-state index is 14.7. The second-order valence-corrected chi connectivity index (χ2v) is 6.59. The van der Waals surface area contributed by atoms with E-state index in [2.05, 4.69) is 5.10 Å². The minimum Gasteiger partial charge on any atom is -0.491 e. The Hall–Kier alpha value is -2.08. The summed E-state index contributed by atoms with van der Waals surface area (Å²) in [5, 5.41) is 2.81. The first-order valence-electron chi connectivity index (χ1n) is 9.64. The molecule has 6 heteroatoms. The van der Waals surface area contributed by atoms with E-state index in [4.69, 9.17) is 9.47 Å². The number of aromatic amines is 1. The Kier molecular flexibility index (Phi) is 8.76. The van der Waals surface area contributed by atoms with Gasteiger partial charge in [-0.25, -0.2) is 4.39 Å². The molecule has 1 aromatic carbocycles. The highest BCUT2D eigenvalue weighted by atomic mass is 19.1. The molecular formula is C21H33FN2O3. The lowest BCUT2D eigenvalue weighted by atomic mass is 10.0. The molecule has 0 radical (unpaired) electrons. The normalized spacial score (nSPS) is 12.1. The topological polar surface area (TPSA) is 56.2 Å². The van der Waals surface area contributed by atoms with E-state index in [0.717, 1.165) is 5.69 Å². The highest BCUT2D eigenvalue weighted by Crippen LogP contribution is 2.31. The summed E-state index contributed by atoms with van der Waals surface area (Å²) < 4.78 is 27.8. The lowest BCUT2D eigenvalue weighted by molar-refractivity contribution is 0.0874. The van der Waals surface area contributed by atoms with Gasteiger partial charge < -0.3 is 9.47 Å². The van der Waals surface area contributed by atoms with Crippen molar-refractivity contribution < 1.29 is 13.9 Å². The molecule has 1 heterocycles. The Labute approximate surface area is 161 Å². The lowest BCUT2D eigenvalue weighted by Crippen LogP contribution is -2.17. The van der Waals surface area contributed by atoms with Gasteiger partial charge in [-0.3, -0.25) is 14.6 Å². The van der Waals surface area contributed by atoms with Gasteiger partial charge in [0.1, 0.15) is 17.7 Å². The molecule has 0 aliphatic heterocycles. The van der Waals surface area contributed by atoms with Crippen LogP contribution in [0.25, 0.3) is 0 Å². The molecule has 5 nitrogen and oxygen atoms in total. The highest BCUT2D eigenvalue weighted by molar-refractivity contribution is 5.36. The van der Waals surface area contributed by atoms with Gasteiger partial charge in [0.05, 0.1) is 11.7 Å². The van der Waals surface area contributed by atoms with Crippen LogP contribution in [0.5, 0.6) is 5.75 Å². The fourth-order valence-corrected chi connectivity index (χ4v) is 2.93. The van der Waals surface area contributed by atoms with Crippen molar-refractivity contribution in [1.82, 2.24) is 9.78 Å². The zero-order valence-corrected chi connectivity index (χ0v) is 17.7. The van der Waals surface area contributed by atoms with Crippen LogP contribution in [0.3, 0.4) is 0 Å². The Bertz CT molecular complexity index is 778. The van der Waals surface area contributed by atoms with E-state index in [-0.39, 0.29) is 17.7 Å². The number of H-pyrrole nitrogens is 1. The Morgan fingerprint density at radius 1 is 1.19 bits per heavy atom. The number of aromatic nitrogens is 2. The van der Waals surface area contributed by atoms with E-state index < -0.39 is 11.9 Å². The first-order chi connectivity index (χ1) is 12.8. The standard InChI is InChI=1S/C19H27FN2O3.C2H6/c1-7-24-18(17-13(6)22(11(2)3)21-19(17)23)15-9-8-14(10-16(15)20)25-12(4)5;1-2/h8-12,18H,7H2,1-6H3,(H,21,23);1-2H3. The smallest absolute Gasteiger partial charge is 0.270 e. The van der Waals surface area contributed by atoms with E-state index >= 15 is 0 Å². The number of benzene rings is 1. The van der Waals surface area contributed by atoms with Crippen LogP contribution in [0.2, 0.25) is 0 Å². The molecule has 0 fully saturated rings. The van der Waals surface area contributed by atoms with Crippen LogP contribution in [-0.4, -0.2) is 22.5 Å². The summed E-state index contributed by atoms with van der Waals surface area (Å²) in [7, 11) is 0. The molecular weight excluding hydrogens is 347 g/mol. The van der Waals surface area contributed by atoms with Gasteiger partial charge in [0.25, 0.3) is 5.56 Å². The molecule has 2 aromatic rings. The average Bonchev–Trinajstić information content (AvgIpc) is 2.89. The van der Waals surface area contributed by atoms with Gasteiger partial charge in [0, 0.05) is 30.0 Å². The minimum atomic E-state index is -0.762. The summed E-state index contributed by atoms with van der Waals surface area (Å²) in [6, 6.07) is 4.76. The van der Waals surface area contributed by atoms with Gasteiger partial charge in [-0.2, -0.15) is 0 Å². The minimum absolute atomic E-state index is 0.0434. The van der Waals surface area contributed by atoms with Crippen molar-refractivity contribution in [3.05, 3.63) is 51.2 Å². The number of halogens is 1. The maximum Gasteiger partial charge on any atom is 0.270 e. The molecule has 0 saturated heterocycles. The van der Waals surface area contributed by atoms with E-state index in [9.17, 15) is 9.18 Å². The first-order valence-corrected chi connectivity index (χ1v) is 9.64. The number of nitrogens with zero attached hydrogens (tertiary/aromatic N) is 1. The summed E-state index contributed by atoms with van der Waals surface area (Å²) in [5.74, 6) is 0.00424. The van der Waals surface area contributed by atoms with Crippen LogP contribution in [0, 0.1) is 12.7 Å². The lowest BCUT2D eigenvalue weighted by Gasteiger charge is -2.19. The second-order valence-electron chi connectivity index (χ2n) is 6.59. The van der Waals surface area contributed by atoms with Crippen molar-refractivity contribution in [3.63, 3.8) is 0 Å². The van der Waals surface area contributed by atoms with Crippen molar-refractivity contribution in [3.8, 4) is 5.75 Å². The Morgan fingerprint density at radius 2 is 1.81 bits per heavy atom. The molecule has 0 spiro atoms. The van der Waals surface area contributed by atoms with Crippen LogP contribution in [0.15, 0.2) is 23.0 Å². The van der Waals surface area contributed by atoms with Crippen LogP contribution in [0.4, 0.5) is 4.39 Å². The van der Waals surface area contributed by atoms with Gasteiger partial charge in [-0.15, -0.1) is 0 Å². The van der Waals surface area contributed by atoms with Crippen LogP contribution < -0.4 is 10.3 Å². The predicted molar refractivity (Wildman–Crippen MR) is 107 cm³/mol. The number of hydrogen-bond acceptors (Lipinski definition) is 3. The third-order valence-electron chi connectivity index (χ3n) is 3.96. The Balaban J connectivity index is 0.00000176. The van der Waals surface area contributed by atoms with Crippen molar-refractivity contribution in [2.45, 2.75) is 73.6 Å². The summed E-state index contributed by atoms with van der Waals surface area (Å²) in [6.45, 7) is 15.7. The second kappa shape index (κ2) is 10.3. The van der Waals surface area contributed by atoms with Gasteiger partial charge in [0.2, 0.25) is 0 Å². The monoisotopic (exact) mass is 380 g/mol. The number of rotatable bonds is 7.